The summed E-state index contributed by atoms with van der Waals surface area (Å²) in [6, 6.07) is 17.3. The summed E-state index contributed by atoms with van der Waals surface area (Å²) in [7, 11) is 0. The van der Waals surface area contributed by atoms with Gasteiger partial charge in [-0.1, -0.05) is 62.1 Å². The van der Waals surface area contributed by atoms with E-state index in [-0.39, 0.29) is 25.9 Å². The van der Waals surface area contributed by atoms with Crippen molar-refractivity contribution in [3.8, 4) is 0 Å². The summed E-state index contributed by atoms with van der Waals surface area (Å²) in [5.41, 5.74) is -4.19. The SMILES string of the molecule is CC1(C)CC(OC(=O)c2ccccc2)CC(C)(C)N1CC(O)(O)CC(CCCCCCCC(=O)O)(CC(O)(O)CN1C(C)(C)CC(OC(=O)c2ccccc2)CC1(C)C)C(=O)O. The lowest BCUT2D eigenvalue weighted by atomic mass is 9.70. The Labute approximate surface area is 367 Å². The van der Waals surface area contributed by atoms with Crippen molar-refractivity contribution in [2.24, 2.45) is 5.41 Å². The first-order valence-corrected chi connectivity index (χ1v) is 22.0. The van der Waals surface area contributed by atoms with Gasteiger partial charge in [0.2, 0.25) is 0 Å². The van der Waals surface area contributed by atoms with Gasteiger partial charge in [0.15, 0.2) is 11.6 Å². The molecule has 2 aromatic rings. The molecule has 14 heteroatoms. The number of aliphatic carboxylic acids is 2. The second-order valence-corrected chi connectivity index (χ2v) is 20.6. The van der Waals surface area contributed by atoms with Crippen LogP contribution in [0.4, 0.5) is 0 Å². The minimum atomic E-state index is -2.63. The van der Waals surface area contributed by atoms with Gasteiger partial charge in [0, 0.05) is 67.1 Å². The molecule has 2 aliphatic heterocycles. The maximum atomic E-state index is 13.6. The molecule has 0 unspecified atom stereocenters. The Morgan fingerprint density at radius 1 is 0.565 bits per heavy atom. The van der Waals surface area contributed by atoms with Crippen molar-refractivity contribution in [1.82, 2.24) is 9.80 Å². The van der Waals surface area contributed by atoms with Crippen molar-refractivity contribution >= 4 is 23.9 Å². The van der Waals surface area contributed by atoms with Gasteiger partial charge < -0.3 is 40.1 Å². The van der Waals surface area contributed by atoms with E-state index in [0.29, 0.717) is 68.9 Å². The van der Waals surface area contributed by atoms with Crippen LogP contribution < -0.4 is 0 Å². The maximum absolute atomic E-state index is 13.6. The van der Waals surface area contributed by atoms with Crippen LogP contribution in [-0.4, -0.2) is 123 Å². The number of benzene rings is 2. The standard InChI is InChI=1S/C48H72N2O12/c1-42(2)26-36(61-39(53)34-20-14-12-15-21-34)27-43(3,4)49(42)32-47(57,58)30-46(41(55)56,25-19-11-9-10-18-24-38(51)52)31-48(59,60)33-50-44(5,6)28-37(29-45(50,7)8)62-40(54)35-22-16-13-17-23-35/h12-17,20-23,36-37,57-60H,9-11,18-19,24-33H2,1-8H3,(H,51,52)(H,55,56). The van der Waals surface area contributed by atoms with Crippen molar-refractivity contribution < 1.29 is 59.3 Å². The quantitative estimate of drug-likeness (QED) is 0.0434. The Kier molecular flexibility index (Phi) is 16.2. The van der Waals surface area contributed by atoms with Crippen molar-refractivity contribution in [3.63, 3.8) is 0 Å². The van der Waals surface area contributed by atoms with Gasteiger partial charge in [-0.15, -0.1) is 0 Å². The van der Waals surface area contributed by atoms with E-state index in [9.17, 15) is 44.7 Å². The first-order valence-electron chi connectivity index (χ1n) is 22.0. The minimum Gasteiger partial charge on any atom is -0.481 e. The summed E-state index contributed by atoms with van der Waals surface area (Å²) in [6.45, 7) is 14.5. The summed E-state index contributed by atoms with van der Waals surface area (Å²) in [6.07, 6.45) is 1.46. The average Bonchev–Trinajstić information content (AvgIpc) is 3.14. The van der Waals surface area contributed by atoms with Crippen LogP contribution in [0.25, 0.3) is 0 Å². The Balaban J connectivity index is 1.56. The van der Waals surface area contributed by atoms with Crippen LogP contribution >= 0.6 is 0 Å². The van der Waals surface area contributed by atoms with Gasteiger partial charge in [-0.3, -0.25) is 19.4 Å². The summed E-state index contributed by atoms with van der Waals surface area (Å²) in [5, 5.41) is 68.0. The van der Waals surface area contributed by atoms with E-state index >= 15 is 0 Å². The number of carbonyl (C=O) groups excluding carboxylic acids is 2. The zero-order valence-corrected chi connectivity index (χ0v) is 38.1. The van der Waals surface area contributed by atoms with E-state index in [0.717, 1.165) is 0 Å². The Morgan fingerprint density at radius 2 is 0.903 bits per heavy atom. The first-order chi connectivity index (χ1) is 28.6. The second kappa shape index (κ2) is 19.9. The molecule has 2 aromatic carbocycles. The lowest BCUT2D eigenvalue weighted by molar-refractivity contribution is -0.251. The van der Waals surface area contributed by atoms with Gasteiger partial charge in [-0.05, 0) is 92.5 Å². The monoisotopic (exact) mass is 869 g/mol. The molecule has 0 spiro atoms. The third-order valence-corrected chi connectivity index (χ3v) is 13.0. The first kappa shape index (κ1) is 50.7. The zero-order chi connectivity index (χ0) is 46.4. The number of esters is 2. The summed E-state index contributed by atoms with van der Waals surface area (Å²) >= 11 is 0. The molecule has 6 N–H and O–H groups in total. The van der Waals surface area contributed by atoms with E-state index in [1.807, 2.05) is 77.3 Å². The van der Waals surface area contributed by atoms with Gasteiger partial charge in [0.1, 0.15) is 12.2 Å². The number of carboxylic acid groups (broad SMARTS) is 2. The molecule has 0 bridgehead atoms. The van der Waals surface area contributed by atoms with E-state index in [2.05, 4.69) is 0 Å². The number of ether oxygens (including phenoxy) is 2. The van der Waals surface area contributed by atoms with Crippen LogP contribution in [0.5, 0.6) is 0 Å². The number of aliphatic hydroxyl groups is 4. The highest BCUT2D eigenvalue weighted by Gasteiger charge is 2.56. The molecule has 0 saturated carbocycles. The highest BCUT2D eigenvalue weighted by Crippen LogP contribution is 2.47. The van der Waals surface area contributed by atoms with Gasteiger partial charge in [-0.25, -0.2) is 9.59 Å². The lowest BCUT2D eigenvalue weighted by Gasteiger charge is -2.57. The average molecular weight is 869 g/mol. The molecule has 0 radical (unpaired) electrons. The number of nitrogens with zero attached hydrogens (tertiary/aromatic N) is 2. The molecule has 2 fully saturated rings. The number of rotatable bonds is 21. The smallest absolute Gasteiger partial charge is 0.338 e. The second-order valence-electron chi connectivity index (χ2n) is 20.6. The number of piperidine rings is 2. The molecule has 2 saturated heterocycles. The molecule has 2 aliphatic rings. The highest BCUT2D eigenvalue weighted by molar-refractivity contribution is 5.90. The van der Waals surface area contributed by atoms with Crippen LogP contribution in [0.15, 0.2) is 60.7 Å². The van der Waals surface area contributed by atoms with Crippen LogP contribution in [0.3, 0.4) is 0 Å². The number of likely N-dealkylation sites (tertiary alicyclic amines) is 2. The van der Waals surface area contributed by atoms with E-state index in [4.69, 9.17) is 14.6 Å². The van der Waals surface area contributed by atoms with Crippen LogP contribution in [0.1, 0.15) is 160 Å². The predicted octanol–water partition coefficient (Wildman–Crippen LogP) is 6.77. The summed E-state index contributed by atoms with van der Waals surface area (Å²) in [4.78, 5) is 54.4. The van der Waals surface area contributed by atoms with E-state index in [1.54, 1.807) is 48.5 Å². The number of carbonyl (C=O) groups is 4. The highest BCUT2D eigenvalue weighted by atomic mass is 16.5. The number of unbranched alkanes of at least 4 members (excludes halogenated alkanes) is 4. The van der Waals surface area contributed by atoms with Crippen molar-refractivity contribution in [3.05, 3.63) is 71.8 Å². The third kappa shape index (κ3) is 13.8. The molecule has 14 nitrogen and oxygen atoms in total. The predicted molar refractivity (Wildman–Crippen MR) is 233 cm³/mol. The molecule has 2 heterocycles. The van der Waals surface area contributed by atoms with E-state index in [1.165, 1.54) is 0 Å². The van der Waals surface area contributed by atoms with E-state index < -0.39 is 88.1 Å². The zero-order valence-electron chi connectivity index (χ0n) is 38.1. The largest absolute Gasteiger partial charge is 0.481 e. The van der Waals surface area contributed by atoms with Crippen LogP contribution in [0, 0.1) is 5.41 Å². The van der Waals surface area contributed by atoms with Gasteiger partial charge in [-0.2, -0.15) is 0 Å². The van der Waals surface area contributed by atoms with Gasteiger partial charge in [0.25, 0.3) is 0 Å². The van der Waals surface area contributed by atoms with Gasteiger partial charge in [0.05, 0.1) is 29.6 Å². The molecule has 0 aromatic heterocycles. The Hall–Kier alpha value is -3.92. The van der Waals surface area contributed by atoms with Crippen LogP contribution in [-0.2, 0) is 19.1 Å². The fourth-order valence-corrected chi connectivity index (χ4v) is 10.5. The van der Waals surface area contributed by atoms with Crippen LogP contribution in [0.2, 0.25) is 0 Å². The number of carboxylic acids is 2. The summed E-state index contributed by atoms with van der Waals surface area (Å²) < 4.78 is 11.9. The van der Waals surface area contributed by atoms with Crippen molar-refractivity contribution in [1.29, 1.82) is 0 Å². The topological polar surface area (TPSA) is 215 Å². The Morgan fingerprint density at radius 3 is 1.24 bits per heavy atom. The molecule has 62 heavy (non-hydrogen) atoms. The molecule has 0 amide bonds. The maximum Gasteiger partial charge on any atom is 0.338 e. The van der Waals surface area contributed by atoms with Crippen molar-refractivity contribution in [2.45, 2.75) is 185 Å². The fraction of sp³-hybridized carbons (Fsp3) is 0.667. The Bertz CT molecular complexity index is 1680. The number of hydrogen-bond donors (Lipinski definition) is 6. The van der Waals surface area contributed by atoms with Gasteiger partial charge >= 0.3 is 23.9 Å². The molecule has 346 valence electrons. The molecule has 4 rings (SSSR count). The minimum absolute atomic E-state index is 0.0208. The molecular weight excluding hydrogens is 797 g/mol. The van der Waals surface area contributed by atoms with Crippen molar-refractivity contribution in [2.75, 3.05) is 13.1 Å². The fourth-order valence-electron chi connectivity index (χ4n) is 10.5. The third-order valence-electron chi connectivity index (χ3n) is 13.0. The molecule has 0 aliphatic carbocycles. The number of β-amino-alcohol motifs (C(OH)–C–C–N with tert-alkyl or cyclic N) is 4. The number of hydrogen-bond acceptors (Lipinski definition) is 12. The molecule has 0 atom stereocenters. The summed E-state index contributed by atoms with van der Waals surface area (Å²) in [5.74, 6) is -8.47. The normalized spacial score (nSPS) is 19.7. The molecular formula is C48H72N2O12. The lowest BCUT2D eigenvalue weighted by Crippen LogP contribution is -2.67.